The topological polar surface area (TPSA) is 72.5 Å². The van der Waals surface area contributed by atoms with Crippen molar-refractivity contribution in [2.24, 2.45) is 10.7 Å². The molecule has 1 aliphatic rings. The summed E-state index contributed by atoms with van der Waals surface area (Å²) in [7, 11) is 0. The molecule has 0 saturated heterocycles. The maximum Gasteiger partial charge on any atom is 0.278 e. The highest BCUT2D eigenvalue weighted by molar-refractivity contribution is 6.18. The molecule has 4 heteroatoms. The fourth-order valence-corrected chi connectivity index (χ4v) is 1.31. The van der Waals surface area contributed by atoms with Crippen molar-refractivity contribution in [2.45, 2.75) is 0 Å². The number of primary amides is 1. The SMILES string of the molecule is NC(=O)c1cccc2c1C(=O)N=C2. The monoisotopic (exact) mass is 174 g/mol. The summed E-state index contributed by atoms with van der Waals surface area (Å²) in [4.78, 5) is 25.7. The number of amides is 2. The van der Waals surface area contributed by atoms with Gasteiger partial charge in [-0.2, -0.15) is 0 Å². The lowest BCUT2D eigenvalue weighted by Gasteiger charge is -2.00. The van der Waals surface area contributed by atoms with Crippen molar-refractivity contribution in [3.8, 4) is 0 Å². The van der Waals surface area contributed by atoms with Gasteiger partial charge in [0, 0.05) is 11.8 Å². The zero-order valence-electron chi connectivity index (χ0n) is 6.65. The van der Waals surface area contributed by atoms with E-state index in [4.69, 9.17) is 5.73 Å². The molecule has 1 aliphatic heterocycles. The second kappa shape index (κ2) is 2.52. The molecule has 0 fully saturated rings. The molecule has 2 N–H and O–H groups in total. The zero-order chi connectivity index (χ0) is 9.42. The highest BCUT2D eigenvalue weighted by atomic mass is 16.2. The van der Waals surface area contributed by atoms with Gasteiger partial charge >= 0.3 is 0 Å². The molecule has 0 saturated carbocycles. The Kier molecular flexibility index (Phi) is 1.48. The third kappa shape index (κ3) is 1.03. The van der Waals surface area contributed by atoms with Crippen LogP contribution in [0.15, 0.2) is 23.2 Å². The summed E-state index contributed by atoms with van der Waals surface area (Å²) >= 11 is 0. The predicted molar refractivity (Wildman–Crippen MR) is 46.9 cm³/mol. The van der Waals surface area contributed by atoms with E-state index in [2.05, 4.69) is 4.99 Å². The van der Waals surface area contributed by atoms with Gasteiger partial charge in [0.05, 0.1) is 11.1 Å². The number of fused-ring (bicyclic) bond motifs is 1. The fourth-order valence-electron chi connectivity index (χ4n) is 1.31. The highest BCUT2D eigenvalue weighted by Gasteiger charge is 2.21. The lowest BCUT2D eigenvalue weighted by Crippen LogP contribution is -2.15. The Labute approximate surface area is 74.1 Å². The molecular formula is C9H6N2O2. The second-order valence-corrected chi connectivity index (χ2v) is 2.70. The minimum atomic E-state index is -0.601. The van der Waals surface area contributed by atoms with E-state index in [0.29, 0.717) is 11.1 Å². The maximum absolute atomic E-state index is 11.2. The molecule has 0 aliphatic carbocycles. The predicted octanol–water partition coefficient (Wildman–Crippen LogP) is 0.358. The van der Waals surface area contributed by atoms with Crippen LogP contribution in [0.1, 0.15) is 26.3 Å². The minimum Gasteiger partial charge on any atom is -0.366 e. The van der Waals surface area contributed by atoms with Gasteiger partial charge in [0.15, 0.2) is 0 Å². The molecule has 13 heavy (non-hydrogen) atoms. The number of nitrogens with zero attached hydrogens (tertiary/aromatic N) is 1. The van der Waals surface area contributed by atoms with Crippen LogP contribution in [0.5, 0.6) is 0 Å². The normalized spacial score (nSPS) is 13.1. The van der Waals surface area contributed by atoms with E-state index in [1.54, 1.807) is 12.1 Å². The van der Waals surface area contributed by atoms with E-state index in [9.17, 15) is 9.59 Å². The van der Waals surface area contributed by atoms with Gasteiger partial charge in [0.1, 0.15) is 0 Å². The summed E-state index contributed by atoms with van der Waals surface area (Å²) in [6.45, 7) is 0. The Morgan fingerprint density at radius 2 is 2.15 bits per heavy atom. The smallest absolute Gasteiger partial charge is 0.278 e. The van der Waals surface area contributed by atoms with E-state index in [0.717, 1.165) is 0 Å². The van der Waals surface area contributed by atoms with Crippen LogP contribution in [-0.4, -0.2) is 18.0 Å². The lowest BCUT2D eigenvalue weighted by molar-refractivity contribution is 0.0971. The minimum absolute atomic E-state index is 0.236. The van der Waals surface area contributed by atoms with Crippen LogP contribution in [0.4, 0.5) is 0 Å². The van der Waals surface area contributed by atoms with Crippen molar-refractivity contribution < 1.29 is 9.59 Å². The molecular weight excluding hydrogens is 168 g/mol. The largest absolute Gasteiger partial charge is 0.366 e. The van der Waals surface area contributed by atoms with Gasteiger partial charge in [-0.05, 0) is 6.07 Å². The number of rotatable bonds is 1. The molecule has 1 aromatic rings. The van der Waals surface area contributed by atoms with E-state index in [1.165, 1.54) is 12.3 Å². The van der Waals surface area contributed by atoms with Gasteiger partial charge < -0.3 is 5.73 Å². The van der Waals surface area contributed by atoms with Crippen LogP contribution in [0.3, 0.4) is 0 Å². The van der Waals surface area contributed by atoms with Gasteiger partial charge in [-0.1, -0.05) is 12.1 Å². The first kappa shape index (κ1) is 7.67. The van der Waals surface area contributed by atoms with Crippen LogP contribution >= 0.6 is 0 Å². The van der Waals surface area contributed by atoms with Crippen molar-refractivity contribution in [2.75, 3.05) is 0 Å². The number of aliphatic imine (C=N–C) groups is 1. The highest BCUT2D eigenvalue weighted by Crippen LogP contribution is 2.18. The molecule has 0 bridgehead atoms. The van der Waals surface area contributed by atoms with Crippen LogP contribution in [0.2, 0.25) is 0 Å². The number of benzene rings is 1. The lowest BCUT2D eigenvalue weighted by atomic mass is 10.0. The number of carbonyl (C=O) groups is 2. The second-order valence-electron chi connectivity index (χ2n) is 2.70. The van der Waals surface area contributed by atoms with Gasteiger partial charge in [-0.3, -0.25) is 9.59 Å². The number of hydrogen-bond acceptors (Lipinski definition) is 2. The van der Waals surface area contributed by atoms with Crippen LogP contribution < -0.4 is 5.73 Å². The third-order valence-electron chi connectivity index (χ3n) is 1.90. The van der Waals surface area contributed by atoms with E-state index < -0.39 is 11.8 Å². The summed E-state index contributed by atoms with van der Waals surface area (Å²) in [5.41, 5.74) is 6.31. The number of carbonyl (C=O) groups excluding carboxylic acids is 2. The number of hydrogen-bond donors (Lipinski definition) is 1. The summed E-state index contributed by atoms with van der Waals surface area (Å²) < 4.78 is 0. The first-order valence-corrected chi connectivity index (χ1v) is 3.71. The molecule has 2 amide bonds. The van der Waals surface area contributed by atoms with E-state index in [1.807, 2.05) is 0 Å². The molecule has 4 nitrogen and oxygen atoms in total. The van der Waals surface area contributed by atoms with Crippen LogP contribution in [0, 0.1) is 0 Å². The standard InChI is InChI=1S/C9H6N2O2/c10-8(12)6-3-1-2-5-4-11-9(13)7(5)6/h1-4H,(H2,10,12). The van der Waals surface area contributed by atoms with Gasteiger partial charge in [-0.25, -0.2) is 4.99 Å². The average molecular weight is 174 g/mol. The Morgan fingerprint density at radius 3 is 2.85 bits per heavy atom. The Balaban J connectivity index is 2.71. The van der Waals surface area contributed by atoms with Gasteiger partial charge in [-0.15, -0.1) is 0 Å². The third-order valence-corrected chi connectivity index (χ3v) is 1.90. The molecule has 0 aromatic heterocycles. The summed E-state index contributed by atoms with van der Waals surface area (Å²) in [5, 5.41) is 0. The van der Waals surface area contributed by atoms with Crippen molar-refractivity contribution in [1.29, 1.82) is 0 Å². The van der Waals surface area contributed by atoms with Crippen molar-refractivity contribution in [1.82, 2.24) is 0 Å². The fraction of sp³-hybridized carbons (Fsp3) is 0. The molecule has 64 valence electrons. The number of nitrogens with two attached hydrogens (primary N) is 1. The molecule has 0 unspecified atom stereocenters. The molecule has 0 radical (unpaired) electrons. The first-order valence-electron chi connectivity index (χ1n) is 3.71. The van der Waals surface area contributed by atoms with E-state index in [-0.39, 0.29) is 5.56 Å². The Morgan fingerprint density at radius 1 is 1.38 bits per heavy atom. The van der Waals surface area contributed by atoms with Gasteiger partial charge in [0.25, 0.3) is 5.91 Å². The summed E-state index contributed by atoms with van der Waals surface area (Å²) in [6.07, 6.45) is 1.43. The molecule has 1 heterocycles. The first-order chi connectivity index (χ1) is 6.20. The molecule has 2 rings (SSSR count). The molecule has 1 aromatic carbocycles. The Hall–Kier alpha value is -1.97. The quantitative estimate of drug-likeness (QED) is 0.667. The van der Waals surface area contributed by atoms with Crippen LogP contribution in [0.25, 0.3) is 0 Å². The van der Waals surface area contributed by atoms with Crippen molar-refractivity contribution >= 4 is 18.0 Å². The maximum atomic E-state index is 11.2. The van der Waals surface area contributed by atoms with E-state index >= 15 is 0 Å². The van der Waals surface area contributed by atoms with Gasteiger partial charge in [0.2, 0.25) is 5.91 Å². The van der Waals surface area contributed by atoms with Crippen molar-refractivity contribution in [3.05, 3.63) is 34.9 Å². The van der Waals surface area contributed by atoms with Crippen molar-refractivity contribution in [3.63, 3.8) is 0 Å². The summed E-state index contributed by atoms with van der Waals surface area (Å²) in [5.74, 6) is -1.000. The Bertz CT molecular complexity index is 435. The molecule has 0 spiro atoms. The molecule has 0 atom stereocenters. The summed E-state index contributed by atoms with van der Waals surface area (Å²) in [6, 6.07) is 4.91. The van der Waals surface area contributed by atoms with Crippen LogP contribution in [-0.2, 0) is 0 Å². The average Bonchev–Trinajstić information content (AvgIpc) is 2.48. The zero-order valence-corrected chi connectivity index (χ0v) is 6.65.